The molecule has 0 aliphatic carbocycles. The summed E-state index contributed by atoms with van der Waals surface area (Å²) in [6.07, 6.45) is 2.92. The lowest BCUT2D eigenvalue weighted by molar-refractivity contribution is -0.122. The van der Waals surface area contributed by atoms with Crippen LogP contribution in [0.1, 0.15) is 25.0 Å². The Morgan fingerprint density at radius 3 is 3.22 bits per heavy atom. The molecule has 0 radical (unpaired) electrons. The largest absolute Gasteiger partial charge is 0.444 e. The molecule has 0 spiro atoms. The number of carbonyl (C=O) groups excluding carboxylic acids is 1. The van der Waals surface area contributed by atoms with Crippen molar-refractivity contribution in [3.63, 3.8) is 0 Å². The van der Waals surface area contributed by atoms with E-state index in [0.29, 0.717) is 32.1 Å². The van der Waals surface area contributed by atoms with Crippen molar-refractivity contribution in [1.82, 2.24) is 15.6 Å². The van der Waals surface area contributed by atoms with Gasteiger partial charge in [-0.1, -0.05) is 6.92 Å². The van der Waals surface area contributed by atoms with E-state index in [4.69, 9.17) is 9.15 Å². The van der Waals surface area contributed by atoms with Crippen molar-refractivity contribution in [3.8, 4) is 0 Å². The lowest BCUT2D eigenvalue weighted by atomic mass is 10.2. The molecule has 1 atom stereocenters. The molecule has 2 heterocycles. The van der Waals surface area contributed by atoms with Gasteiger partial charge >= 0.3 is 0 Å². The fourth-order valence-corrected chi connectivity index (χ4v) is 1.81. The Bertz CT molecular complexity index is 386. The predicted octanol–water partition coefficient (Wildman–Crippen LogP) is 0.232. The highest BCUT2D eigenvalue weighted by molar-refractivity contribution is 5.76. The number of hydrogen-bond acceptors (Lipinski definition) is 5. The quantitative estimate of drug-likeness (QED) is 0.785. The molecular weight excluding hydrogens is 234 g/mol. The molecule has 2 rings (SSSR count). The van der Waals surface area contributed by atoms with Gasteiger partial charge in [0.05, 0.1) is 26.0 Å². The number of amides is 1. The summed E-state index contributed by atoms with van der Waals surface area (Å²) in [5, 5.41) is 6.03. The number of oxazole rings is 1. The standard InChI is InChI=1S/C12H19N3O3/c1-2-10-6-15-12(18-10)7-14-11(16)5-9-8-17-4-3-13-9/h6,9,13H,2-5,7-8H2,1H3,(H,14,16). The van der Waals surface area contributed by atoms with Crippen LogP contribution in [-0.4, -0.2) is 36.7 Å². The maximum Gasteiger partial charge on any atom is 0.222 e. The number of nitrogens with zero attached hydrogens (tertiary/aromatic N) is 1. The number of carbonyl (C=O) groups is 1. The van der Waals surface area contributed by atoms with Crippen molar-refractivity contribution >= 4 is 5.91 Å². The maximum absolute atomic E-state index is 11.7. The van der Waals surface area contributed by atoms with Crippen LogP contribution in [0.15, 0.2) is 10.6 Å². The molecule has 0 bridgehead atoms. The molecule has 1 aromatic rings. The lowest BCUT2D eigenvalue weighted by Crippen LogP contribution is -2.44. The summed E-state index contributed by atoms with van der Waals surface area (Å²) < 4.78 is 10.7. The Morgan fingerprint density at radius 1 is 1.67 bits per heavy atom. The van der Waals surface area contributed by atoms with Crippen LogP contribution < -0.4 is 10.6 Å². The van der Waals surface area contributed by atoms with Gasteiger partial charge in [-0.25, -0.2) is 4.98 Å². The van der Waals surface area contributed by atoms with Gasteiger partial charge in [0.25, 0.3) is 0 Å². The monoisotopic (exact) mass is 253 g/mol. The van der Waals surface area contributed by atoms with E-state index in [2.05, 4.69) is 15.6 Å². The highest BCUT2D eigenvalue weighted by atomic mass is 16.5. The second-order valence-electron chi connectivity index (χ2n) is 4.28. The zero-order chi connectivity index (χ0) is 12.8. The number of morpholine rings is 1. The zero-order valence-corrected chi connectivity index (χ0v) is 10.6. The molecule has 18 heavy (non-hydrogen) atoms. The van der Waals surface area contributed by atoms with E-state index in [9.17, 15) is 4.79 Å². The summed E-state index contributed by atoms with van der Waals surface area (Å²) in [7, 11) is 0. The third-order valence-corrected chi connectivity index (χ3v) is 2.82. The molecule has 1 aliphatic heterocycles. The average Bonchev–Trinajstić information content (AvgIpc) is 2.85. The molecule has 0 saturated carbocycles. The third kappa shape index (κ3) is 3.82. The minimum atomic E-state index is -0.0192. The number of nitrogens with one attached hydrogen (secondary N) is 2. The van der Waals surface area contributed by atoms with Crippen LogP contribution in [-0.2, 0) is 22.5 Å². The lowest BCUT2D eigenvalue weighted by Gasteiger charge is -2.23. The SMILES string of the molecule is CCc1cnc(CNC(=O)CC2COCCN2)o1. The topological polar surface area (TPSA) is 76.4 Å². The zero-order valence-electron chi connectivity index (χ0n) is 10.6. The van der Waals surface area contributed by atoms with Gasteiger partial charge < -0.3 is 19.8 Å². The summed E-state index contributed by atoms with van der Waals surface area (Å²) in [5.74, 6) is 1.36. The molecule has 1 unspecified atom stereocenters. The van der Waals surface area contributed by atoms with Gasteiger partial charge in [-0.2, -0.15) is 0 Å². The Labute approximate surface area is 106 Å². The van der Waals surface area contributed by atoms with E-state index in [1.807, 2.05) is 6.92 Å². The van der Waals surface area contributed by atoms with E-state index >= 15 is 0 Å². The van der Waals surface area contributed by atoms with E-state index < -0.39 is 0 Å². The molecule has 100 valence electrons. The highest BCUT2D eigenvalue weighted by Crippen LogP contribution is 2.04. The fourth-order valence-electron chi connectivity index (χ4n) is 1.81. The summed E-state index contributed by atoms with van der Waals surface area (Å²) in [6.45, 7) is 4.45. The number of rotatable bonds is 5. The molecule has 2 N–H and O–H groups in total. The molecule has 6 nitrogen and oxygen atoms in total. The van der Waals surface area contributed by atoms with Gasteiger partial charge in [0.1, 0.15) is 5.76 Å². The first-order valence-electron chi connectivity index (χ1n) is 6.29. The minimum absolute atomic E-state index is 0.0192. The molecule has 1 fully saturated rings. The minimum Gasteiger partial charge on any atom is -0.444 e. The van der Waals surface area contributed by atoms with Gasteiger partial charge in [0.15, 0.2) is 0 Å². The van der Waals surface area contributed by atoms with Crippen LogP contribution in [0.5, 0.6) is 0 Å². The molecule has 1 aliphatic rings. The van der Waals surface area contributed by atoms with Crippen LogP contribution in [0.4, 0.5) is 0 Å². The summed E-state index contributed by atoms with van der Waals surface area (Å²) in [4.78, 5) is 15.8. The average molecular weight is 253 g/mol. The number of hydrogen-bond donors (Lipinski definition) is 2. The maximum atomic E-state index is 11.7. The molecule has 1 aromatic heterocycles. The van der Waals surface area contributed by atoms with Gasteiger partial charge in [-0.3, -0.25) is 4.79 Å². The van der Waals surface area contributed by atoms with Crippen LogP contribution in [0.3, 0.4) is 0 Å². The Balaban J connectivity index is 1.70. The van der Waals surface area contributed by atoms with Crippen molar-refractivity contribution in [2.45, 2.75) is 32.4 Å². The molecule has 1 saturated heterocycles. The van der Waals surface area contributed by atoms with Crippen LogP contribution >= 0.6 is 0 Å². The van der Waals surface area contributed by atoms with Crippen LogP contribution in [0.25, 0.3) is 0 Å². The number of aromatic nitrogens is 1. The first kappa shape index (κ1) is 13.0. The molecule has 1 amide bonds. The van der Waals surface area contributed by atoms with Crippen molar-refractivity contribution in [2.24, 2.45) is 0 Å². The summed E-state index contributed by atoms with van der Waals surface area (Å²) >= 11 is 0. The van der Waals surface area contributed by atoms with Crippen molar-refractivity contribution < 1.29 is 13.9 Å². The van der Waals surface area contributed by atoms with E-state index in [0.717, 1.165) is 18.7 Å². The predicted molar refractivity (Wildman–Crippen MR) is 65.0 cm³/mol. The molecule has 6 heteroatoms. The summed E-state index contributed by atoms with van der Waals surface area (Å²) in [6, 6.07) is 0.106. The second-order valence-corrected chi connectivity index (χ2v) is 4.28. The van der Waals surface area contributed by atoms with Crippen molar-refractivity contribution in [3.05, 3.63) is 17.8 Å². The highest BCUT2D eigenvalue weighted by Gasteiger charge is 2.16. The van der Waals surface area contributed by atoms with Gasteiger partial charge in [-0.05, 0) is 0 Å². The Kier molecular flexibility index (Phi) is 4.72. The van der Waals surface area contributed by atoms with Gasteiger partial charge in [0, 0.05) is 25.4 Å². The fraction of sp³-hybridized carbons (Fsp3) is 0.667. The van der Waals surface area contributed by atoms with Gasteiger partial charge in [0.2, 0.25) is 11.8 Å². The van der Waals surface area contributed by atoms with Crippen LogP contribution in [0.2, 0.25) is 0 Å². The van der Waals surface area contributed by atoms with Crippen molar-refractivity contribution in [1.29, 1.82) is 0 Å². The first-order valence-corrected chi connectivity index (χ1v) is 6.29. The normalized spacial score (nSPS) is 19.7. The van der Waals surface area contributed by atoms with Gasteiger partial charge in [-0.15, -0.1) is 0 Å². The molecule has 0 aromatic carbocycles. The van der Waals surface area contributed by atoms with Crippen LogP contribution in [0, 0.1) is 0 Å². The third-order valence-electron chi connectivity index (χ3n) is 2.82. The number of aryl methyl sites for hydroxylation is 1. The van der Waals surface area contributed by atoms with Crippen molar-refractivity contribution in [2.75, 3.05) is 19.8 Å². The van der Waals surface area contributed by atoms with E-state index in [1.165, 1.54) is 0 Å². The molecular formula is C12H19N3O3. The Hall–Kier alpha value is -1.40. The smallest absolute Gasteiger partial charge is 0.222 e. The second kappa shape index (κ2) is 6.51. The van der Waals surface area contributed by atoms with E-state index in [1.54, 1.807) is 6.20 Å². The number of ether oxygens (including phenoxy) is 1. The summed E-state index contributed by atoms with van der Waals surface area (Å²) in [5.41, 5.74) is 0. The first-order chi connectivity index (χ1) is 8.78. The Morgan fingerprint density at radius 2 is 2.56 bits per heavy atom. The van der Waals surface area contributed by atoms with E-state index in [-0.39, 0.29) is 11.9 Å².